The van der Waals surface area contributed by atoms with E-state index < -0.39 is 24.0 Å². The number of allylic oxidation sites excluding steroid dienone is 1. The van der Waals surface area contributed by atoms with Gasteiger partial charge in [0, 0.05) is 12.0 Å². The highest BCUT2D eigenvalue weighted by molar-refractivity contribution is 5.86. The highest BCUT2D eigenvalue weighted by Gasteiger charge is 2.30. The van der Waals surface area contributed by atoms with Gasteiger partial charge in [0.1, 0.15) is 12.6 Å². The van der Waals surface area contributed by atoms with Gasteiger partial charge in [0.2, 0.25) is 5.91 Å². The summed E-state index contributed by atoms with van der Waals surface area (Å²) in [5.74, 6) is -1.80. The van der Waals surface area contributed by atoms with Crippen LogP contribution in [0.25, 0.3) is 11.1 Å². The number of benzene rings is 2. The first-order chi connectivity index (χ1) is 16.0. The third kappa shape index (κ3) is 4.92. The monoisotopic (exact) mass is 448 g/mol. The van der Waals surface area contributed by atoms with Crippen LogP contribution in [0, 0.1) is 5.92 Å². The number of hydrogen-bond donors (Lipinski definition) is 3. The molecule has 7 heteroatoms. The Morgan fingerprint density at radius 1 is 1.06 bits per heavy atom. The average Bonchev–Trinajstić information content (AvgIpc) is 3.15. The quantitative estimate of drug-likeness (QED) is 0.558. The van der Waals surface area contributed by atoms with Gasteiger partial charge in [-0.05, 0) is 41.5 Å². The molecule has 0 radical (unpaired) electrons. The molecular weight excluding hydrogens is 420 g/mol. The molecule has 172 valence electrons. The summed E-state index contributed by atoms with van der Waals surface area (Å²) in [5, 5.41) is 14.7. The number of nitrogens with one attached hydrogen (secondary N) is 2. The van der Waals surface area contributed by atoms with Crippen LogP contribution in [0.3, 0.4) is 0 Å². The van der Waals surface area contributed by atoms with Crippen molar-refractivity contribution in [3.05, 3.63) is 71.8 Å². The predicted molar refractivity (Wildman–Crippen MR) is 124 cm³/mol. The number of carboxylic acid groups (broad SMARTS) is 1. The maximum absolute atomic E-state index is 12.7. The lowest BCUT2D eigenvalue weighted by atomic mass is 9.91. The van der Waals surface area contributed by atoms with Crippen molar-refractivity contribution in [3.8, 4) is 11.1 Å². The maximum atomic E-state index is 12.7. The van der Waals surface area contributed by atoms with Crippen molar-refractivity contribution in [2.24, 2.45) is 5.92 Å². The number of alkyl carbamates (subject to hydrolysis) is 1. The molecule has 2 aliphatic carbocycles. The summed E-state index contributed by atoms with van der Waals surface area (Å²) >= 11 is 0. The van der Waals surface area contributed by atoms with E-state index in [1.165, 1.54) is 0 Å². The molecule has 0 saturated heterocycles. The summed E-state index contributed by atoms with van der Waals surface area (Å²) in [6.45, 7) is 1.97. The molecule has 33 heavy (non-hydrogen) atoms. The number of fused-ring (bicyclic) bond motifs is 3. The summed E-state index contributed by atoms with van der Waals surface area (Å²) in [6.07, 6.45) is 4.09. The molecule has 4 rings (SSSR count). The molecule has 2 aromatic carbocycles. The van der Waals surface area contributed by atoms with Crippen LogP contribution in [0.15, 0.2) is 60.7 Å². The van der Waals surface area contributed by atoms with Gasteiger partial charge in [-0.2, -0.15) is 0 Å². The lowest BCUT2D eigenvalue weighted by molar-refractivity contribution is -0.142. The first kappa shape index (κ1) is 22.6. The number of carbonyl (C=O) groups excluding carboxylic acids is 2. The van der Waals surface area contributed by atoms with Crippen LogP contribution in [0.5, 0.6) is 0 Å². The van der Waals surface area contributed by atoms with Crippen molar-refractivity contribution in [1.29, 1.82) is 0 Å². The van der Waals surface area contributed by atoms with E-state index in [4.69, 9.17) is 4.74 Å². The lowest BCUT2D eigenvalue weighted by Gasteiger charge is -2.25. The molecule has 0 bridgehead atoms. The summed E-state index contributed by atoms with van der Waals surface area (Å²) in [4.78, 5) is 36.4. The molecule has 2 aliphatic rings. The van der Waals surface area contributed by atoms with Gasteiger partial charge in [-0.1, -0.05) is 67.6 Å². The summed E-state index contributed by atoms with van der Waals surface area (Å²) in [5.41, 5.74) is 4.53. The number of carboxylic acids is 1. The van der Waals surface area contributed by atoms with E-state index >= 15 is 0 Å². The highest BCUT2D eigenvalue weighted by Crippen LogP contribution is 2.44. The molecule has 0 spiro atoms. The van der Waals surface area contributed by atoms with Crippen molar-refractivity contribution in [1.82, 2.24) is 10.6 Å². The van der Waals surface area contributed by atoms with Crippen LogP contribution in [0.4, 0.5) is 4.79 Å². The van der Waals surface area contributed by atoms with Crippen molar-refractivity contribution >= 4 is 18.0 Å². The second kappa shape index (κ2) is 9.90. The topological polar surface area (TPSA) is 105 Å². The zero-order valence-electron chi connectivity index (χ0n) is 18.5. The Labute approximate surface area is 192 Å². The molecule has 0 aromatic heterocycles. The first-order valence-electron chi connectivity index (χ1n) is 11.3. The van der Waals surface area contributed by atoms with Crippen molar-refractivity contribution in [3.63, 3.8) is 0 Å². The van der Waals surface area contributed by atoms with Gasteiger partial charge in [-0.3, -0.25) is 9.59 Å². The third-order valence-corrected chi connectivity index (χ3v) is 6.36. The third-order valence-electron chi connectivity index (χ3n) is 6.36. The minimum Gasteiger partial charge on any atom is -0.481 e. The van der Waals surface area contributed by atoms with E-state index in [1.807, 2.05) is 36.4 Å². The Morgan fingerprint density at radius 3 is 2.30 bits per heavy atom. The fourth-order valence-electron chi connectivity index (χ4n) is 4.62. The zero-order valence-corrected chi connectivity index (χ0v) is 18.5. The second-order valence-electron chi connectivity index (χ2n) is 8.48. The standard InChI is InChI=1S/C26H28N2O5/c1-2-23(24(29)27-17-9-7-8-16(14-17)25(30)31)28-26(32)33-15-22-20-12-5-3-10-18(20)19-11-4-6-13-21(19)22/h3-7,9-13,16-17,22-23H,2,8,14-15H2,1H3,(H,27,29)(H,28,32)(H,30,31)/t16-,17-,23+/m0/s1. The Morgan fingerprint density at radius 2 is 1.70 bits per heavy atom. The minimum atomic E-state index is -0.873. The van der Waals surface area contributed by atoms with Gasteiger partial charge in [0.05, 0.1) is 5.92 Å². The van der Waals surface area contributed by atoms with E-state index in [0.717, 1.165) is 22.3 Å². The molecule has 0 fully saturated rings. The number of hydrogen-bond acceptors (Lipinski definition) is 4. The van der Waals surface area contributed by atoms with Gasteiger partial charge in [-0.25, -0.2) is 4.79 Å². The first-order valence-corrected chi connectivity index (χ1v) is 11.3. The molecule has 0 heterocycles. The highest BCUT2D eigenvalue weighted by atomic mass is 16.5. The molecular formula is C26H28N2O5. The molecule has 7 nitrogen and oxygen atoms in total. The normalized spacial score (nSPS) is 19.8. The summed E-state index contributed by atoms with van der Waals surface area (Å²) in [6, 6.07) is 15.0. The van der Waals surface area contributed by atoms with Crippen LogP contribution in [-0.4, -0.2) is 41.8 Å². The van der Waals surface area contributed by atoms with Crippen LogP contribution >= 0.6 is 0 Å². The minimum absolute atomic E-state index is 0.0580. The van der Waals surface area contributed by atoms with E-state index in [0.29, 0.717) is 19.3 Å². The maximum Gasteiger partial charge on any atom is 0.407 e. The Hall–Kier alpha value is -3.61. The molecule has 0 aliphatic heterocycles. The fraction of sp³-hybridized carbons (Fsp3) is 0.346. The molecule has 0 unspecified atom stereocenters. The Balaban J connectivity index is 1.34. The van der Waals surface area contributed by atoms with Gasteiger partial charge < -0.3 is 20.5 Å². The lowest BCUT2D eigenvalue weighted by Crippen LogP contribution is -2.50. The Bertz CT molecular complexity index is 1030. The van der Waals surface area contributed by atoms with Gasteiger partial charge in [0.25, 0.3) is 0 Å². The van der Waals surface area contributed by atoms with Crippen LogP contribution in [0.1, 0.15) is 43.2 Å². The summed E-state index contributed by atoms with van der Waals surface area (Å²) < 4.78 is 5.54. The molecule has 0 saturated carbocycles. The predicted octanol–water partition coefficient (Wildman–Crippen LogP) is 3.84. The fourth-order valence-corrected chi connectivity index (χ4v) is 4.62. The number of amides is 2. The van der Waals surface area contributed by atoms with E-state index in [9.17, 15) is 19.5 Å². The number of ether oxygens (including phenoxy) is 1. The van der Waals surface area contributed by atoms with Crippen LogP contribution < -0.4 is 10.6 Å². The van der Waals surface area contributed by atoms with E-state index in [-0.39, 0.29) is 24.5 Å². The van der Waals surface area contributed by atoms with Crippen LogP contribution in [-0.2, 0) is 14.3 Å². The van der Waals surface area contributed by atoms with E-state index in [2.05, 4.69) is 22.8 Å². The van der Waals surface area contributed by atoms with Gasteiger partial charge in [0.15, 0.2) is 0 Å². The zero-order chi connectivity index (χ0) is 23.4. The van der Waals surface area contributed by atoms with Gasteiger partial charge in [-0.15, -0.1) is 0 Å². The second-order valence-corrected chi connectivity index (χ2v) is 8.48. The van der Waals surface area contributed by atoms with Crippen molar-refractivity contribution < 1.29 is 24.2 Å². The number of carbonyl (C=O) groups is 3. The molecule has 2 aromatic rings. The van der Waals surface area contributed by atoms with Gasteiger partial charge >= 0.3 is 12.1 Å². The van der Waals surface area contributed by atoms with E-state index in [1.54, 1.807) is 19.1 Å². The number of rotatable bonds is 7. The number of aliphatic carboxylic acids is 1. The molecule has 3 atom stereocenters. The molecule has 2 amide bonds. The Kier molecular flexibility index (Phi) is 6.77. The largest absolute Gasteiger partial charge is 0.481 e. The van der Waals surface area contributed by atoms with Crippen LogP contribution in [0.2, 0.25) is 0 Å². The SMILES string of the molecule is CC[C@@H](NC(=O)OCC1c2ccccc2-c2ccccc21)C(=O)N[C@H]1C=CC[C@H](C(=O)O)C1. The summed E-state index contributed by atoms with van der Waals surface area (Å²) in [7, 11) is 0. The smallest absolute Gasteiger partial charge is 0.407 e. The average molecular weight is 449 g/mol. The molecule has 3 N–H and O–H groups in total. The van der Waals surface area contributed by atoms with Crippen molar-refractivity contribution in [2.75, 3.05) is 6.61 Å². The van der Waals surface area contributed by atoms with Crippen molar-refractivity contribution in [2.45, 2.75) is 44.2 Å².